The molecule has 144 valence electrons. The summed E-state index contributed by atoms with van der Waals surface area (Å²) in [5.41, 5.74) is 3.08. The Morgan fingerprint density at radius 2 is 1.86 bits per heavy atom. The summed E-state index contributed by atoms with van der Waals surface area (Å²) in [5, 5.41) is 12.6. The van der Waals surface area contributed by atoms with Crippen molar-refractivity contribution in [2.24, 2.45) is 0 Å². The van der Waals surface area contributed by atoms with Crippen molar-refractivity contribution in [3.8, 4) is 10.7 Å². The second kappa shape index (κ2) is 8.02. The van der Waals surface area contributed by atoms with Gasteiger partial charge in [-0.25, -0.2) is 4.98 Å². The van der Waals surface area contributed by atoms with Crippen LogP contribution in [0.1, 0.15) is 11.3 Å². The van der Waals surface area contributed by atoms with Gasteiger partial charge >= 0.3 is 0 Å². The molecule has 0 saturated heterocycles. The average molecular weight is 438 g/mol. The van der Waals surface area contributed by atoms with E-state index < -0.39 is 0 Å². The lowest BCUT2D eigenvalue weighted by atomic mass is 10.2. The Bertz CT molecular complexity index is 1250. The lowest BCUT2D eigenvalue weighted by Gasteiger charge is -2.09. The van der Waals surface area contributed by atoms with E-state index in [2.05, 4.69) is 55.5 Å². The molecule has 4 aromatic heterocycles. The topological polar surface area (TPSA) is 48.0 Å². The first kappa shape index (κ1) is 18.4. The van der Waals surface area contributed by atoms with Crippen LogP contribution in [0.15, 0.2) is 77.5 Å². The smallest absolute Gasteiger partial charge is 0.192 e. The van der Waals surface area contributed by atoms with Gasteiger partial charge in [-0.05, 0) is 29.1 Å². The Kier molecular flexibility index (Phi) is 5.10. The van der Waals surface area contributed by atoms with Crippen LogP contribution in [0.25, 0.3) is 16.3 Å². The summed E-state index contributed by atoms with van der Waals surface area (Å²) in [7, 11) is 0. The first-order valence-electron chi connectivity index (χ1n) is 9.03. The monoisotopic (exact) mass is 437 g/mol. The predicted molar refractivity (Wildman–Crippen MR) is 119 cm³/mol. The van der Waals surface area contributed by atoms with E-state index in [1.165, 1.54) is 5.56 Å². The summed E-state index contributed by atoms with van der Waals surface area (Å²) >= 11 is 9.39. The van der Waals surface area contributed by atoms with Crippen LogP contribution < -0.4 is 0 Å². The van der Waals surface area contributed by atoms with Crippen molar-refractivity contribution in [1.82, 2.24) is 24.1 Å². The van der Waals surface area contributed by atoms with Crippen molar-refractivity contribution in [1.29, 1.82) is 0 Å². The summed E-state index contributed by atoms with van der Waals surface area (Å²) in [4.78, 5) is 5.78. The molecule has 8 heteroatoms. The number of hydrogen-bond acceptors (Lipinski definition) is 5. The molecule has 29 heavy (non-hydrogen) atoms. The Labute approximate surface area is 181 Å². The molecule has 5 nitrogen and oxygen atoms in total. The normalized spacial score (nSPS) is 11.3. The van der Waals surface area contributed by atoms with Crippen LogP contribution in [-0.4, -0.2) is 24.1 Å². The number of thioether (sulfide) groups is 1. The minimum atomic E-state index is 0.692. The van der Waals surface area contributed by atoms with Crippen LogP contribution in [0.3, 0.4) is 0 Å². The summed E-state index contributed by atoms with van der Waals surface area (Å²) in [6.45, 7) is 0.726. The molecule has 0 radical (unpaired) electrons. The molecule has 0 aliphatic carbocycles. The molecular formula is C21H16ClN5S2. The summed E-state index contributed by atoms with van der Waals surface area (Å²) in [6, 6.07) is 18.3. The first-order valence-corrected chi connectivity index (χ1v) is 11.3. The van der Waals surface area contributed by atoms with E-state index in [1.54, 1.807) is 23.1 Å². The van der Waals surface area contributed by atoms with E-state index in [0.29, 0.717) is 10.8 Å². The van der Waals surface area contributed by atoms with Gasteiger partial charge in [-0.3, -0.25) is 4.57 Å². The van der Waals surface area contributed by atoms with Gasteiger partial charge in [0.15, 0.2) is 11.0 Å². The molecule has 0 N–H and O–H groups in total. The van der Waals surface area contributed by atoms with E-state index in [9.17, 15) is 0 Å². The second-order valence-electron chi connectivity index (χ2n) is 6.49. The number of imidazole rings is 1. The van der Waals surface area contributed by atoms with Crippen LogP contribution in [0.4, 0.5) is 0 Å². The fourth-order valence-corrected chi connectivity index (χ4v) is 4.82. The van der Waals surface area contributed by atoms with E-state index in [4.69, 9.17) is 11.6 Å². The quantitative estimate of drug-likeness (QED) is 0.322. The zero-order chi connectivity index (χ0) is 19.6. The number of pyridine rings is 1. The fourth-order valence-electron chi connectivity index (χ4n) is 3.12. The van der Waals surface area contributed by atoms with E-state index in [-0.39, 0.29) is 0 Å². The Morgan fingerprint density at radius 3 is 2.69 bits per heavy atom. The SMILES string of the molecule is Clc1ccc2nc(CSc3nnc(-c4cccs4)n3Cc3ccccc3)cn2c1. The average Bonchev–Trinajstić information content (AvgIpc) is 3.46. The molecule has 0 amide bonds. The van der Waals surface area contributed by atoms with Crippen molar-refractivity contribution in [2.75, 3.05) is 0 Å². The standard InChI is InChI=1S/C21H16ClN5S2/c22-16-8-9-19-23-17(13-26(19)12-16)14-29-21-25-24-20(18-7-4-10-28-18)27(21)11-15-5-2-1-3-6-15/h1-10,12-13H,11,14H2. The summed E-state index contributed by atoms with van der Waals surface area (Å²) < 4.78 is 4.13. The van der Waals surface area contributed by atoms with Gasteiger partial charge in [0, 0.05) is 18.1 Å². The molecule has 0 atom stereocenters. The Morgan fingerprint density at radius 1 is 0.966 bits per heavy atom. The molecule has 0 spiro atoms. The molecule has 4 heterocycles. The van der Waals surface area contributed by atoms with Gasteiger partial charge in [0.2, 0.25) is 0 Å². The molecule has 5 rings (SSSR count). The highest BCUT2D eigenvalue weighted by Gasteiger charge is 2.16. The van der Waals surface area contributed by atoms with Crippen LogP contribution in [0.2, 0.25) is 5.02 Å². The van der Waals surface area contributed by atoms with Crippen molar-refractivity contribution >= 4 is 40.3 Å². The van der Waals surface area contributed by atoms with Crippen molar-refractivity contribution in [3.63, 3.8) is 0 Å². The summed E-state index contributed by atoms with van der Waals surface area (Å²) in [6.07, 6.45) is 3.87. The molecule has 0 fully saturated rings. The molecule has 1 aromatic carbocycles. The minimum Gasteiger partial charge on any atom is -0.305 e. The van der Waals surface area contributed by atoms with Crippen LogP contribution in [0, 0.1) is 0 Å². The number of rotatable bonds is 6. The number of hydrogen-bond donors (Lipinski definition) is 0. The lowest BCUT2D eigenvalue weighted by Crippen LogP contribution is -2.03. The number of benzene rings is 1. The maximum absolute atomic E-state index is 6.08. The molecule has 0 saturated carbocycles. The number of aromatic nitrogens is 5. The number of thiophene rings is 1. The molecule has 0 unspecified atom stereocenters. The molecule has 0 aliphatic heterocycles. The fraction of sp³-hybridized carbons (Fsp3) is 0.0952. The Balaban J connectivity index is 1.44. The molecular weight excluding hydrogens is 422 g/mol. The van der Waals surface area contributed by atoms with E-state index in [1.807, 2.05) is 41.1 Å². The van der Waals surface area contributed by atoms with Gasteiger partial charge < -0.3 is 4.40 Å². The number of nitrogens with zero attached hydrogens (tertiary/aromatic N) is 5. The molecule has 0 bridgehead atoms. The maximum atomic E-state index is 6.08. The van der Waals surface area contributed by atoms with Gasteiger partial charge in [0.1, 0.15) is 5.65 Å². The van der Waals surface area contributed by atoms with Crippen LogP contribution in [0.5, 0.6) is 0 Å². The van der Waals surface area contributed by atoms with Gasteiger partial charge in [0.25, 0.3) is 0 Å². The van der Waals surface area contributed by atoms with Gasteiger partial charge in [-0.15, -0.1) is 21.5 Å². The first-order chi connectivity index (χ1) is 14.3. The third-order valence-electron chi connectivity index (χ3n) is 4.46. The predicted octanol–water partition coefficient (Wildman–Crippen LogP) is 5.65. The lowest BCUT2D eigenvalue weighted by molar-refractivity contribution is 0.715. The summed E-state index contributed by atoms with van der Waals surface area (Å²) in [5.74, 6) is 1.60. The highest BCUT2D eigenvalue weighted by atomic mass is 35.5. The third-order valence-corrected chi connectivity index (χ3v) is 6.55. The van der Waals surface area contributed by atoms with Crippen molar-refractivity contribution in [2.45, 2.75) is 17.5 Å². The minimum absolute atomic E-state index is 0.692. The largest absolute Gasteiger partial charge is 0.305 e. The highest BCUT2D eigenvalue weighted by molar-refractivity contribution is 7.98. The third kappa shape index (κ3) is 3.94. The highest BCUT2D eigenvalue weighted by Crippen LogP contribution is 2.29. The van der Waals surface area contributed by atoms with Gasteiger partial charge in [-0.2, -0.15) is 0 Å². The van der Waals surface area contributed by atoms with Crippen molar-refractivity contribution < 1.29 is 0 Å². The van der Waals surface area contributed by atoms with Crippen LogP contribution in [-0.2, 0) is 12.3 Å². The van der Waals surface area contributed by atoms with E-state index in [0.717, 1.165) is 33.7 Å². The van der Waals surface area contributed by atoms with Gasteiger partial charge in [0.05, 0.1) is 22.1 Å². The van der Waals surface area contributed by atoms with Crippen LogP contribution >= 0.6 is 34.7 Å². The second-order valence-corrected chi connectivity index (χ2v) is 8.82. The zero-order valence-electron chi connectivity index (χ0n) is 15.3. The number of halogens is 1. The molecule has 5 aromatic rings. The van der Waals surface area contributed by atoms with Gasteiger partial charge in [-0.1, -0.05) is 59.8 Å². The maximum Gasteiger partial charge on any atom is 0.192 e. The Hall–Kier alpha value is -2.61. The van der Waals surface area contributed by atoms with E-state index >= 15 is 0 Å². The zero-order valence-corrected chi connectivity index (χ0v) is 17.7. The van der Waals surface area contributed by atoms with Crippen molar-refractivity contribution in [3.05, 3.63) is 88.7 Å². The molecule has 0 aliphatic rings. The number of fused-ring (bicyclic) bond motifs is 1.